The summed E-state index contributed by atoms with van der Waals surface area (Å²) in [6.07, 6.45) is 6.17. The highest BCUT2D eigenvalue weighted by Crippen LogP contribution is 2.38. The van der Waals surface area contributed by atoms with E-state index >= 15 is 0 Å². The van der Waals surface area contributed by atoms with Crippen LogP contribution in [0.5, 0.6) is 0 Å². The van der Waals surface area contributed by atoms with E-state index in [1.807, 2.05) is 0 Å². The third-order valence-electron chi connectivity index (χ3n) is 5.25. The number of carbonyl (C=O) groups excluding carboxylic acids is 1. The molecule has 1 saturated heterocycles. The smallest absolute Gasteiger partial charge is 0.326 e. The summed E-state index contributed by atoms with van der Waals surface area (Å²) < 4.78 is 0. The molecule has 1 saturated carbocycles. The molecule has 0 spiro atoms. The van der Waals surface area contributed by atoms with Crippen molar-refractivity contribution < 1.29 is 14.7 Å². The van der Waals surface area contributed by atoms with Gasteiger partial charge in [0.2, 0.25) is 0 Å². The van der Waals surface area contributed by atoms with Gasteiger partial charge in [0.25, 0.3) is 0 Å². The first kappa shape index (κ1) is 15.1. The van der Waals surface area contributed by atoms with Crippen molar-refractivity contribution in [3.8, 4) is 0 Å². The molecular formula is C15H26N2O3. The second-order valence-corrected chi connectivity index (χ2v) is 6.30. The van der Waals surface area contributed by atoms with Gasteiger partial charge in [-0.15, -0.1) is 0 Å². The number of amides is 2. The van der Waals surface area contributed by atoms with E-state index in [1.165, 1.54) is 0 Å². The Kier molecular flexibility index (Phi) is 4.55. The molecule has 1 aliphatic heterocycles. The van der Waals surface area contributed by atoms with E-state index in [2.05, 4.69) is 19.2 Å². The van der Waals surface area contributed by atoms with Crippen LogP contribution in [0.3, 0.4) is 0 Å². The number of carboxylic acid groups (broad SMARTS) is 1. The van der Waals surface area contributed by atoms with Crippen LogP contribution in [0.15, 0.2) is 0 Å². The summed E-state index contributed by atoms with van der Waals surface area (Å²) in [4.78, 5) is 25.1. The number of aliphatic carboxylic acids is 1. The molecule has 2 rings (SSSR count). The van der Waals surface area contributed by atoms with Crippen LogP contribution in [-0.4, -0.2) is 41.1 Å². The zero-order chi connectivity index (χ0) is 14.8. The topological polar surface area (TPSA) is 69.6 Å². The van der Waals surface area contributed by atoms with Gasteiger partial charge in [0.05, 0.1) is 0 Å². The van der Waals surface area contributed by atoms with E-state index in [4.69, 9.17) is 5.11 Å². The Morgan fingerprint density at radius 2 is 1.80 bits per heavy atom. The SMILES string of the molecule is CCC1(CC)CCN(C(=O)NC(C(=O)O)C2CC2)CC1. The molecule has 1 atom stereocenters. The average Bonchev–Trinajstić information content (AvgIpc) is 3.28. The molecule has 0 radical (unpaired) electrons. The lowest BCUT2D eigenvalue weighted by Crippen LogP contribution is -2.52. The lowest BCUT2D eigenvalue weighted by atomic mass is 9.74. The molecule has 20 heavy (non-hydrogen) atoms. The van der Waals surface area contributed by atoms with Gasteiger partial charge in [0.15, 0.2) is 0 Å². The Morgan fingerprint density at radius 3 is 2.20 bits per heavy atom. The molecule has 5 heteroatoms. The van der Waals surface area contributed by atoms with Crippen LogP contribution in [0.25, 0.3) is 0 Å². The van der Waals surface area contributed by atoms with Crippen LogP contribution < -0.4 is 5.32 Å². The van der Waals surface area contributed by atoms with Gasteiger partial charge in [0, 0.05) is 13.1 Å². The highest BCUT2D eigenvalue weighted by atomic mass is 16.4. The van der Waals surface area contributed by atoms with Crippen molar-refractivity contribution in [2.45, 2.75) is 58.4 Å². The van der Waals surface area contributed by atoms with Gasteiger partial charge in [-0.3, -0.25) is 0 Å². The minimum atomic E-state index is -0.908. The number of piperidine rings is 1. The molecule has 0 aromatic heterocycles. The Morgan fingerprint density at radius 1 is 1.25 bits per heavy atom. The molecule has 2 fully saturated rings. The van der Waals surface area contributed by atoms with Gasteiger partial charge in [-0.25, -0.2) is 9.59 Å². The lowest BCUT2D eigenvalue weighted by molar-refractivity contribution is -0.139. The summed E-state index contributed by atoms with van der Waals surface area (Å²) in [7, 11) is 0. The summed E-state index contributed by atoms with van der Waals surface area (Å²) in [6, 6.07) is -0.906. The van der Waals surface area contributed by atoms with Crippen LogP contribution in [0.2, 0.25) is 0 Å². The number of hydrogen-bond donors (Lipinski definition) is 2. The van der Waals surface area contributed by atoms with Crippen LogP contribution in [0.4, 0.5) is 4.79 Å². The fourth-order valence-corrected chi connectivity index (χ4v) is 3.18. The number of carboxylic acids is 1. The molecule has 2 N–H and O–H groups in total. The second kappa shape index (κ2) is 6.02. The highest BCUT2D eigenvalue weighted by Gasteiger charge is 2.39. The van der Waals surface area contributed by atoms with Crippen molar-refractivity contribution in [2.75, 3.05) is 13.1 Å². The van der Waals surface area contributed by atoms with E-state index in [9.17, 15) is 9.59 Å². The van der Waals surface area contributed by atoms with E-state index < -0.39 is 12.0 Å². The quantitative estimate of drug-likeness (QED) is 0.813. The van der Waals surface area contributed by atoms with Crippen LogP contribution in [0, 0.1) is 11.3 Å². The first-order chi connectivity index (χ1) is 9.51. The largest absolute Gasteiger partial charge is 0.480 e. The predicted molar refractivity (Wildman–Crippen MR) is 76.5 cm³/mol. The van der Waals surface area contributed by atoms with Crippen molar-refractivity contribution in [2.24, 2.45) is 11.3 Å². The van der Waals surface area contributed by atoms with Crippen molar-refractivity contribution in [1.82, 2.24) is 10.2 Å². The summed E-state index contributed by atoms with van der Waals surface area (Å²) in [6.45, 7) is 5.91. The molecule has 1 unspecified atom stereocenters. The lowest BCUT2D eigenvalue weighted by Gasteiger charge is -2.41. The first-order valence-electron chi connectivity index (χ1n) is 7.79. The first-order valence-corrected chi connectivity index (χ1v) is 7.79. The minimum absolute atomic E-state index is 0.131. The second-order valence-electron chi connectivity index (χ2n) is 6.30. The van der Waals surface area contributed by atoms with Gasteiger partial charge in [0.1, 0.15) is 6.04 Å². The number of carbonyl (C=O) groups is 2. The van der Waals surface area contributed by atoms with Gasteiger partial charge < -0.3 is 15.3 Å². The highest BCUT2D eigenvalue weighted by molar-refractivity contribution is 5.83. The molecule has 0 aromatic carbocycles. The van der Waals surface area contributed by atoms with Gasteiger partial charge >= 0.3 is 12.0 Å². The van der Waals surface area contributed by atoms with Gasteiger partial charge in [-0.1, -0.05) is 26.7 Å². The maximum Gasteiger partial charge on any atom is 0.326 e. The molecule has 0 bridgehead atoms. The van der Waals surface area contributed by atoms with E-state index in [0.717, 1.165) is 51.6 Å². The third kappa shape index (κ3) is 3.25. The maximum absolute atomic E-state index is 12.2. The number of rotatable bonds is 5. The number of hydrogen-bond acceptors (Lipinski definition) is 2. The molecule has 5 nitrogen and oxygen atoms in total. The Hall–Kier alpha value is -1.26. The summed E-state index contributed by atoms with van der Waals surface area (Å²) in [5.41, 5.74) is 0.374. The zero-order valence-corrected chi connectivity index (χ0v) is 12.5. The van der Waals surface area contributed by atoms with Crippen LogP contribution in [0.1, 0.15) is 52.4 Å². The summed E-state index contributed by atoms with van der Waals surface area (Å²) in [5, 5.41) is 11.9. The minimum Gasteiger partial charge on any atom is -0.480 e. The fourth-order valence-electron chi connectivity index (χ4n) is 3.18. The van der Waals surface area contributed by atoms with E-state index in [-0.39, 0.29) is 11.9 Å². The zero-order valence-electron chi connectivity index (χ0n) is 12.5. The van der Waals surface area contributed by atoms with Crippen molar-refractivity contribution in [1.29, 1.82) is 0 Å². The Bertz CT molecular complexity index is 365. The average molecular weight is 282 g/mol. The van der Waals surface area contributed by atoms with E-state index in [1.54, 1.807) is 4.90 Å². The van der Waals surface area contributed by atoms with Crippen molar-refractivity contribution in [3.05, 3.63) is 0 Å². The molecule has 0 aromatic rings. The Balaban J connectivity index is 1.86. The van der Waals surface area contributed by atoms with Gasteiger partial charge in [-0.05, 0) is 37.0 Å². The molecule has 1 aliphatic carbocycles. The molecule has 1 heterocycles. The number of urea groups is 1. The monoisotopic (exact) mass is 282 g/mol. The number of nitrogens with zero attached hydrogens (tertiary/aromatic N) is 1. The molecule has 2 aliphatic rings. The van der Waals surface area contributed by atoms with Crippen LogP contribution >= 0.6 is 0 Å². The summed E-state index contributed by atoms with van der Waals surface area (Å²) >= 11 is 0. The normalized spacial score (nSPS) is 23.2. The standard InChI is InChI=1S/C15H26N2O3/c1-3-15(4-2)7-9-17(10-8-15)14(20)16-12(13(18)19)11-5-6-11/h11-12H,3-10H2,1-2H3,(H,16,20)(H,18,19). The van der Waals surface area contributed by atoms with Gasteiger partial charge in [-0.2, -0.15) is 0 Å². The fraction of sp³-hybridized carbons (Fsp3) is 0.867. The Labute approximate surface area is 120 Å². The van der Waals surface area contributed by atoms with Crippen LogP contribution in [-0.2, 0) is 4.79 Å². The molecule has 114 valence electrons. The van der Waals surface area contributed by atoms with E-state index in [0.29, 0.717) is 5.41 Å². The van der Waals surface area contributed by atoms with Crippen molar-refractivity contribution >= 4 is 12.0 Å². The third-order valence-corrected chi connectivity index (χ3v) is 5.25. The molecule has 2 amide bonds. The number of likely N-dealkylation sites (tertiary alicyclic amines) is 1. The van der Waals surface area contributed by atoms with Crippen molar-refractivity contribution in [3.63, 3.8) is 0 Å². The summed E-state index contributed by atoms with van der Waals surface area (Å²) in [5.74, 6) is -0.777. The molecular weight excluding hydrogens is 256 g/mol. The maximum atomic E-state index is 12.2. The number of nitrogens with one attached hydrogen (secondary N) is 1. The predicted octanol–water partition coefficient (Wildman–Crippen LogP) is 2.46.